The number of rotatable bonds is 8. The maximum atomic E-state index is 12.8. The molecule has 0 aliphatic carbocycles. The zero-order chi connectivity index (χ0) is 20.7. The zero-order valence-electron chi connectivity index (χ0n) is 16.5. The van der Waals surface area contributed by atoms with Gasteiger partial charge in [-0.25, -0.2) is 4.79 Å². The van der Waals surface area contributed by atoms with Crippen LogP contribution in [0, 0.1) is 10.1 Å². The van der Waals surface area contributed by atoms with Crippen LogP contribution in [0.5, 0.6) is 11.5 Å². The predicted octanol–water partition coefficient (Wildman–Crippen LogP) is 4.62. The van der Waals surface area contributed by atoms with Gasteiger partial charge in [0, 0.05) is 25.2 Å². The minimum absolute atomic E-state index is 0.0128. The second-order valence-electron chi connectivity index (χ2n) is 6.09. The number of urea groups is 1. The topological polar surface area (TPSA) is 93.9 Å². The molecule has 2 aromatic carbocycles. The first-order chi connectivity index (χ1) is 13.4. The van der Waals surface area contributed by atoms with E-state index in [-0.39, 0.29) is 17.8 Å². The highest BCUT2D eigenvalue weighted by atomic mass is 16.6. The normalized spacial score (nSPS) is 11.4. The molecule has 8 nitrogen and oxygen atoms in total. The average Bonchev–Trinajstić information content (AvgIpc) is 2.69. The van der Waals surface area contributed by atoms with Gasteiger partial charge in [-0.1, -0.05) is 12.1 Å². The summed E-state index contributed by atoms with van der Waals surface area (Å²) in [6.07, 6.45) is 0. The number of hydrogen-bond donors (Lipinski definition) is 1. The van der Waals surface area contributed by atoms with E-state index in [0.29, 0.717) is 36.0 Å². The van der Waals surface area contributed by atoms with E-state index in [2.05, 4.69) is 5.32 Å². The molecule has 1 N–H and O–H groups in total. The molecule has 2 rings (SSSR count). The number of ether oxygens (including phenoxy) is 2. The number of carbonyl (C=O) groups is 1. The zero-order valence-corrected chi connectivity index (χ0v) is 16.5. The molecule has 0 aliphatic rings. The Morgan fingerprint density at radius 1 is 1.18 bits per heavy atom. The molecule has 0 fully saturated rings. The summed E-state index contributed by atoms with van der Waals surface area (Å²) in [7, 11) is 1.63. The van der Waals surface area contributed by atoms with Crippen LogP contribution < -0.4 is 14.8 Å². The summed E-state index contributed by atoms with van der Waals surface area (Å²) in [5.74, 6) is 1.16. The Morgan fingerprint density at radius 2 is 1.89 bits per heavy atom. The van der Waals surface area contributed by atoms with Gasteiger partial charge in [0.25, 0.3) is 5.69 Å². The number of nitro groups is 1. The molecule has 0 bridgehead atoms. The predicted molar refractivity (Wildman–Crippen MR) is 107 cm³/mol. The van der Waals surface area contributed by atoms with Crippen LogP contribution in [0.3, 0.4) is 0 Å². The highest BCUT2D eigenvalue weighted by Crippen LogP contribution is 2.30. The van der Waals surface area contributed by atoms with Gasteiger partial charge in [-0.3, -0.25) is 10.1 Å². The van der Waals surface area contributed by atoms with Gasteiger partial charge in [0.15, 0.2) is 0 Å². The van der Waals surface area contributed by atoms with Crippen LogP contribution in [0.15, 0.2) is 42.5 Å². The van der Waals surface area contributed by atoms with Crippen molar-refractivity contribution >= 4 is 17.4 Å². The summed E-state index contributed by atoms with van der Waals surface area (Å²) in [6, 6.07) is 10.7. The van der Waals surface area contributed by atoms with Crippen molar-refractivity contribution in [2.75, 3.05) is 25.6 Å². The Hall–Kier alpha value is -3.29. The number of anilines is 1. The molecule has 1 atom stereocenters. The number of nitrogens with zero attached hydrogens (tertiary/aromatic N) is 2. The highest BCUT2D eigenvalue weighted by Gasteiger charge is 2.20. The van der Waals surface area contributed by atoms with Crippen LogP contribution in [0.4, 0.5) is 16.2 Å². The molecule has 0 radical (unpaired) electrons. The highest BCUT2D eigenvalue weighted by molar-refractivity contribution is 5.91. The Balaban J connectivity index is 2.20. The minimum Gasteiger partial charge on any atom is -0.494 e. The monoisotopic (exact) mass is 387 g/mol. The molecule has 0 spiro atoms. The summed E-state index contributed by atoms with van der Waals surface area (Å²) in [4.78, 5) is 24.8. The van der Waals surface area contributed by atoms with Crippen molar-refractivity contribution in [3.05, 3.63) is 58.1 Å². The van der Waals surface area contributed by atoms with Crippen molar-refractivity contribution in [1.29, 1.82) is 0 Å². The Labute approximate surface area is 164 Å². The number of non-ortho nitro benzene ring substituents is 1. The van der Waals surface area contributed by atoms with E-state index in [0.717, 1.165) is 0 Å². The maximum absolute atomic E-state index is 12.8. The summed E-state index contributed by atoms with van der Waals surface area (Å²) < 4.78 is 11.1. The van der Waals surface area contributed by atoms with Crippen molar-refractivity contribution in [2.45, 2.75) is 26.8 Å². The Morgan fingerprint density at radius 3 is 2.54 bits per heavy atom. The fourth-order valence-electron chi connectivity index (χ4n) is 2.65. The lowest BCUT2D eigenvalue weighted by Gasteiger charge is -2.26. The molecule has 0 heterocycles. The quantitative estimate of drug-likeness (QED) is 0.527. The SMILES string of the molecule is CCOc1ccc(OCC)c(NC(=O)N(C)C(C)c2cccc([N+](=O)[O-])c2)c1. The number of nitrogens with one attached hydrogen (secondary N) is 1. The maximum Gasteiger partial charge on any atom is 0.322 e. The van der Waals surface area contributed by atoms with Crippen LogP contribution >= 0.6 is 0 Å². The largest absolute Gasteiger partial charge is 0.494 e. The first-order valence-electron chi connectivity index (χ1n) is 9.05. The molecule has 0 aromatic heterocycles. The fraction of sp³-hybridized carbons (Fsp3) is 0.350. The van der Waals surface area contributed by atoms with Gasteiger partial charge in [0.2, 0.25) is 0 Å². The van der Waals surface area contributed by atoms with Gasteiger partial charge in [0.1, 0.15) is 11.5 Å². The molecule has 150 valence electrons. The van der Waals surface area contributed by atoms with Crippen LogP contribution in [0.1, 0.15) is 32.4 Å². The summed E-state index contributed by atoms with van der Waals surface area (Å²) in [5.41, 5.74) is 1.15. The third kappa shape index (κ3) is 5.12. The van der Waals surface area contributed by atoms with Gasteiger partial charge in [-0.15, -0.1) is 0 Å². The lowest BCUT2D eigenvalue weighted by molar-refractivity contribution is -0.384. The number of carbonyl (C=O) groups excluding carboxylic acids is 1. The van der Waals surface area contributed by atoms with Crippen LogP contribution in [-0.4, -0.2) is 36.1 Å². The second-order valence-corrected chi connectivity index (χ2v) is 6.09. The van der Waals surface area contributed by atoms with Crippen molar-refractivity contribution in [3.8, 4) is 11.5 Å². The molecule has 0 aliphatic heterocycles. The number of benzene rings is 2. The van der Waals surface area contributed by atoms with Gasteiger partial charge in [-0.2, -0.15) is 0 Å². The molecule has 2 aromatic rings. The van der Waals surface area contributed by atoms with Gasteiger partial charge in [-0.05, 0) is 38.5 Å². The van der Waals surface area contributed by atoms with E-state index in [1.54, 1.807) is 44.3 Å². The molecule has 1 unspecified atom stereocenters. The second kappa shape index (κ2) is 9.59. The molecular weight excluding hydrogens is 362 g/mol. The Bertz CT molecular complexity index is 840. The summed E-state index contributed by atoms with van der Waals surface area (Å²) >= 11 is 0. The van der Waals surface area contributed by atoms with E-state index in [1.807, 2.05) is 13.8 Å². The van der Waals surface area contributed by atoms with Crippen LogP contribution in [0.25, 0.3) is 0 Å². The van der Waals surface area contributed by atoms with E-state index < -0.39 is 4.92 Å². The standard InChI is InChI=1S/C20H25N3O5/c1-5-27-17-10-11-19(28-6-2)18(13-17)21-20(24)22(4)14(3)15-8-7-9-16(12-15)23(25)26/h7-14H,5-6H2,1-4H3,(H,21,24). The number of amides is 2. The minimum atomic E-state index is -0.454. The van der Waals surface area contributed by atoms with E-state index in [4.69, 9.17) is 9.47 Å². The lowest BCUT2D eigenvalue weighted by atomic mass is 10.1. The molecule has 8 heteroatoms. The summed E-state index contributed by atoms with van der Waals surface area (Å²) in [6.45, 7) is 6.50. The molecule has 0 saturated heterocycles. The van der Waals surface area contributed by atoms with Crippen LogP contribution in [0.2, 0.25) is 0 Å². The molecule has 28 heavy (non-hydrogen) atoms. The summed E-state index contributed by atoms with van der Waals surface area (Å²) in [5, 5.41) is 13.8. The van der Waals surface area contributed by atoms with Gasteiger partial charge >= 0.3 is 6.03 Å². The van der Waals surface area contributed by atoms with Crippen molar-refractivity contribution in [3.63, 3.8) is 0 Å². The Kier molecular flexibility index (Phi) is 7.20. The first-order valence-corrected chi connectivity index (χ1v) is 9.05. The smallest absolute Gasteiger partial charge is 0.322 e. The van der Waals surface area contributed by atoms with E-state index in [1.165, 1.54) is 17.0 Å². The molecule has 2 amide bonds. The van der Waals surface area contributed by atoms with Gasteiger partial charge < -0.3 is 19.7 Å². The third-order valence-electron chi connectivity index (χ3n) is 4.27. The lowest BCUT2D eigenvalue weighted by Crippen LogP contribution is -2.33. The molecular formula is C20H25N3O5. The molecule has 0 saturated carbocycles. The number of hydrogen-bond acceptors (Lipinski definition) is 5. The van der Waals surface area contributed by atoms with E-state index in [9.17, 15) is 14.9 Å². The number of nitro benzene ring substituents is 1. The van der Waals surface area contributed by atoms with Gasteiger partial charge in [0.05, 0.1) is 29.9 Å². The van der Waals surface area contributed by atoms with Crippen molar-refractivity contribution in [2.24, 2.45) is 0 Å². The fourth-order valence-corrected chi connectivity index (χ4v) is 2.65. The van der Waals surface area contributed by atoms with Crippen LogP contribution in [-0.2, 0) is 0 Å². The van der Waals surface area contributed by atoms with Crippen molar-refractivity contribution in [1.82, 2.24) is 4.90 Å². The van der Waals surface area contributed by atoms with E-state index >= 15 is 0 Å². The first kappa shape index (κ1) is 21.0. The third-order valence-corrected chi connectivity index (χ3v) is 4.27. The van der Waals surface area contributed by atoms with Crippen molar-refractivity contribution < 1.29 is 19.2 Å². The average molecular weight is 387 g/mol.